The van der Waals surface area contributed by atoms with E-state index in [0.717, 1.165) is 77.0 Å². The molecule has 6 heteroatoms. The Balaban J connectivity index is 4.05. The Morgan fingerprint density at radius 3 is 1.42 bits per heavy atom. The van der Waals surface area contributed by atoms with E-state index in [1.54, 1.807) is 0 Å². The van der Waals surface area contributed by atoms with Gasteiger partial charge in [-0.2, -0.15) is 0 Å². The van der Waals surface area contributed by atoms with Crippen molar-refractivity contribution in [3.63, 3.8) is 0 Å². The van der Waals surface area contributed by atoms with Crippen molar-refractivity contribution < 1.29 is 24.6 Å². The summed E-state index contributed by atoms with van der Waals surface area (Å²) in [6.45, 7) is 3.72. The molecule has 0 aliphatic rings. The molecular formula is C25H45NO5. The van der Waals surface area contributed by atoms with E-state index in [9.17, 15) is 19.5 Å². The van der Waals surface area contributed by atoms with E-state index in [2.05, 4.69) is 6.58 Å². The van der Waals surface area contributed by atoms with Gasteiger partial charge in [0, 0.05) is 6.42 Å². The van der Waals surface area contributed by atoms with Crippen LogP contribution in [-0.4, -0.2) is 28.1 Å². The van der Waals surface area contributed by atoms with E-state index in [0.29, 0.717) is 19.3 Å². The van der Waals surface area contributed by atoms with Gasteiger partial charge < -0.3 is 15.9 Å². The fraction of sp³-hybridized carbons (Fsp3) is 0.800. The van der Waals surface area contributed by atoms with E-state index in [-0.39, 0.29) is 6.42 Å². The Labute approximate surface area is 188 Å². The Kier molecular flexibility index (Phi) is 17.8. The van der Waals surface area contributed by atoms with Gasteiger partial charge in [0.15, 0.2) is 0 Å². The second-order valence-corrected chi connectivity index (χ2v) is 8.78. The zero-order chi connectivity index (χ0) is 23.4. The summed E-state index contributed by atoms with van der Waals surface area (Å²) in [4.78, 5) is 34.4. The maximum Gasteiger partial charge on any atom is 0.319 e. The highest BCUT2D eigenvalue weighted by atomic mass is 16.4. The molecule has 0 aliphatic heterocycles. The lowest BCUT2D eigenvalue weighted by atomic mass is 9.77. The van der Waals surface area contributed by atoms with Gasteiger partial charge >= 0.3 is 11.9 Å². The molecule has 1 unspecified atom stereocenters. The zero-order valence-electron chi connectivity index (χ0n) is 19.4. The minimum atomic E-state index is -1.43. The molecule has 0 aromatic heterocycles. The lowest BCUT2D eigenvalue weighted by Crippen LogP contribution is -2.44. The number of unbranched alkanes of at least 4 members (excludes halogenated alkanes) is 14. The quantitative estimate of drug-likeness (QED) is 0.0991. The summed E-state index contributed by atoms with van der Waals surface area (Å²) in [5.41, 5.74) is 4.11. The third kappa shape index (κ3) is 14.7. The first-order chi connectivity index (χ1) is 14.9. The molecule has 1 amide bonds. The average Bonchev–Trinajstić information content (AvgIpc) is 2.71. The fourth-order valence-corrected chi connectivity index (χ4v) is 4.05. The first kappa shape index (κ1) is 29.1. The normalized spacial score (nSPS) is 12.9. The van der Waals surface area contributed by atoms with Crippen molar-refractivity contribution in [3.05, 3.63) is 12.7 Å². The van der Waals surface area contributed by atoms with Crippen molar-refractivity contribution in [2.75, 3.05) is 0 Å². The minimum absolute atomic E-state index is 0.236. The molecule has 0 rings (SSSR count). The molecule has 0 heterocycles. The van der Waals surface area contributed by atoms with Crippen LogP contribution in [0.2, 0.25) is 0 Å². The Bertz CT molecular complexity index is 504. The molecule has 0 aromatic carbocycles. The number of hydrogen-bond donors (Lipinski definition) is 3. The molecule has 0 aliphatic carbocycles. The number of nitrogens with two attached hydrogens (primary N) is 1. The van der Waals surface area contributed by atoms with Crippen LogP contribution in [0.5, 0.6) is 0 Å². The molecule has 6 nitrogen and oxygen atoms in total. The zero-order valence-corrected chi connectivity index (χ0v) is 19.4. The van der Waals surface area contributed by atoms with Gasteiger partial charge in [0.25, 0.3) is 0 Å². The number of primary amides is 1. The molecular weight excluding hydrogens is 394 g/mol. The van der Waals surface area contributed by atoms with E-state index >= 15 is 0 Å². The number of allylic oxidation sites excluding steroid dienone is 1. The molecule has 1 atom stereocenters. The Morgan fingerprint density at radius 2 is 1.06 bits per heavy atom. The molecule has 0 radical (unpaired) electrons. The van der Waals surface area contributed by atoms with Crippen LogP contribution in [0.1, 0.15) is 122 Å². The van der Waals surface area contributed by atoms with Crippen LogP contribution in [0.3, 0.4) is 0 Å². The van der Waals surface area contributed by atoms with Crippen LogP contribution in [0.25, 0.3) is 0 Å². The van der Waals surface area contributed by atoms with Crippen molar-refractivity contribution in [3.8, 4) is 0 Å². The summed E-state index contributed by atoms with van der Waals surface area (Å²) in [5.74, 6) is -2.53. The standard InChI is InChI=1S/C25H45NO5/c1-2-3-4-5-6-8-11-14-17-20-25(23(26)29,24(30)31)21-18-15-12-9-7-10-13-16-19-22(27)28/h2H,1,3-21H2,(H2,26,29)(H,27,28)(H,30,31). The smallest absolute Gasteiger partial charge is 0.319 e. The predicted octanol–water partition coefficient (Wildman–Crippen LogP) is 6.23. The molecule has 0 saturated carbocycles. The molecule has 0 spiro atoms. The SMILES string of the molecule is C=CCCCCCCCCCC(CCCCCCCCCCC(=O)O)(C(N)=O)C(=O)O. The number of rotatable bonds is 23. The highest BCUT2D eigenvalue weighted by Crippen LogP contribution is 2.32. The van der Waals surface area contributed by atoms with Gasteiger partial charge in [-0.25, -0.2) is 0 Å². The van der Waals surface area contributed by atoms with Crippen LogP contribution in [0.4, 0.5) is 0 Å². The van der Waals surface area contributed by atoms with Crippen molar-refractivity contribution in [1.29, 1.82) is 0 Å². The lowest BCUT2D eigenvalue weighted by Gasteiger charge is -2.26. The summed E-state index contributed by atoms with van der Waals surface area (Å²) in [5, 5.41) is 18.3. The maximum absolute atomic E-state index is 12.0. The molecule has 0 saturated heterocycles. The molecule has 4 N–H and O–H groups in total. The summed E-state index contributed by atoms with van der Waals surface area (Å²) >= 11 is 0. The van der Waals surface area contributed by atoms with Crippen LogP contribution >= 0.6 is 0 Å². The summed E-state index contributed by atoms with van der Waals surface area (Å²) in [6.07, 6.45) is 18.7. The van der Waals surface area contributed by atoms with Crippen LogP contribution in [0, 0.1) is 5.41 Å². The number of carboxylic acid groups (broad SMARTS) is 2. The summed E-state index contributed by atoms with van der Waals surface area (Å²) < 4.78 is 0. The number of amides is 1. The summed E-state index contributed by atoms with van der Waals surface area (Å²) in [7, 11) is 0. The van der Waals surface area contributed by atoms with Crippen molar-refractivity contribution >= 4 is 17.8 Å². The number of carbonyl (C=O) groups is 3. The number of aliphatic carboxylic acids is 2. The Hall–Kier alpha value is -1.85. The predicted molar refractivity (Wildman–Crippen MR) is 125 cm³/mol. The van der Waals surface area contributed by atoms with Gasteiger partial charge in [-0.3, -0.25) is 14.4 Å². The van der Waals surface area contributed by atoms with Gasteiger partial charge in [-0.1, -0.05) is 89.5 Å². The molecule has 0 aromatic rings. The maximum atomic E-state index is 12.0. The van der Waals surface area contributed by atoms with Crippen molar-refractivity contribution in [2.24, 2.45) is 11.1 Å². The monoisotopic (exact) mass is 439 g/mol. The largest absolute Gasteiger partial charge is 0.481 e. The molecule has 31 heavy (non-hydrogen) atoms. The van der Waals surface area contributed by atoms with E-state index in [1.165, 1.54) is 19.3 Å². The van der Waals surface area contributed by atoms with E-state index in [4.69, 9.17) is 10.8 Å². The molecule has 0 bridgehead atoms. The molecule has 180 valence electrons. The van der Waals surface area contributed by atoms with Crippen LogP contribution in [-0.2, 0) is 14.4 Å². The average molecular weight is 440 g/mol. The third-order valence-electron chi connectivity index (χ3n) is 6.14. The second-order valence-electron chi connectivity index (χ2n) is 8.78. The number of carbonyl (C=O) groups excluding carboxylic acids is 1. The lowest BCUT2D eigenvalue weighted by molar-refractivity contribution is -0.156. The second kappa shape index (κ2) is 18.9. The molecule has 0 fully saturated rings. The highest BCUT2D eigenvalue weighted by molar-refractivity contribution is 6.01. The van der Waals surface area contributed by atoms with Crippen molar-refractivity contribution in [2.45, 2.75) is 122 Å². The Morgan fingerprint density at radius 1 is 0.677 bits per heavy atom. The van der Waals surface area contributed by atoms with E-state index in [1.807, 2.05) is 6.08 Å². The van der Waals surface area contributed by atoms with Gasteiger partial charge in [-0.05, 0) is 32.1 Å². The van der Waals surface area contributed by atoms with Gasteiger partial charge in [-0.15, -0.1) is 6.58 Å². The minimum Gasteiger partial charge on any atom is -0.481 e. The van der Waals surface area contributed by atoms with E-state index < -0.39 is 23.3 Å². The topological polar surface area (TPSA) is 118 Å². The van der Waals surface area contributed by atoms with Crippen LogP contribution < -0.4 is 5.73 Å². The first-order valence-electron chi connectivity index (χ1n) is 12.2. The van der Waals surface area contributed by atoms with Gasteiger partial charge in [0.05, 0.1) is 0 Å². The first-order valence-corrected chi connectivity index (χ1v) is 12.2. The highest BCUT2D eigenvalue weighted by Gasteiger charge is 2.43. The third-order valence-corrected chi connectivity index (χ3v) is 6.14. The van der Waals surface area contributed by atoms with Gasteiger partial charge in [0.1, 0.15) is 5.41 Å². The van der Waals surface area contributed by atoms with Crippen LogP contribution in [0.15, 0.2) is 12.7 Å². The van der Waals surface area contributed by atoms with Crippen molar-refractivity contribution in [1.82, 2.24) is 0 Å². The number of carboxylic acids is 2. The van der Waals surface area contributed by atoms with Gasteiger partial charge in [0.2, 0.25) is 5.91 Å². The fourth-order valence-electron chi connectivity index (χ4n) is 4.05. The summed E-state index contributed by atoms with van der Waals surface area (Å²) in [6, 6.07) is 0. The number of hydrogen-bond acceptors (Lipinski definition) is 3.